The molecule has 96 valence electrons. The first kappa shape index (κ1) is 14.5. The number of rotatable bonds is 6. The predicted molar refractivity (Wildman–Crippen MR) is 71.8 cm³/mol. The van der Waals surface area contributed by atoms with Gasteiger partial charge in [-0.05, 0) is 24.3 Å². The summed E-state index contributed by atoms with van der Waals surface area (Å²) in [6, 6.07) is 1.71. The number of carbonyl (C=O) groups is 1. The van der Waals surface area contributed by atoms with Gasteiger partial charge in [0.15, 0.2) is 0 Å². The van der Waals surface area contributed by atoms with E-state index in [-0.39, 0.29) is 17.9 Å². The molecule has 0 aliphatic rings. The molecule has 0 radical (unpaired) electrons. The van der Waals surface area contributed by atoms with Crippen LogP contribution >= 0.6 is 22.9 Å². The molecule has 1 heterocycles. The van der Waals surface area contributed by atoms with Crippen molar-refractivity contribution in [2.75, 3.05) is 13.2 Å². The number of hydrogen-bond acceptors (Lipinski definition) is 3. The molecule has 0 unspecified atom stereocenters. The SMILES string of the molecule is CCC(CC)(CO)CNC(=O)c1sccc1Cl. The fourth-order valence-electron chi connectivity index (χ4n) is 1.58. The summed E-state index contributed by atoms with van der Waals surface area (Å²) in [5.74, 6) is -0.162. The Morgan fingerprint density at radius 2 is 2.18 bits per heavy atom. The third-order valence-electron chi connectivity index (χ3n) is 3.28. The first-order valence-corrected chi connectivity index (χ1v) is 6.96. The van der Waals surface area contributed by atoms with E-state index in [0.29, 0.717) is 16.4 Å². The molecular weight excluding hydrogens is 258 g/mol. The molecule has 0 aliphatic carbocycles. The second-order valence-corrected chi connectivity index (χ2v) is 5.47. The van der Waals surface area contributed by atoms with Crippen molar-refractivity contribution in [1.82, 2.24) is 5.32 Å². The zero-order valence-corrected chi connectivity index (χ0v) is 11.7. The second kappa shape index (κ2) is 6.38. The maximum absolute atomic E-state index is 11.9. The van der Waals surface area contributed by atoms with Crippen molar-refractivity contribution in [2.24, 2.45) is 5.41 Å². The Morgan fingerprint density at radius 3 is 2.59 bits per heavy atom. The Kier molecular flexibility index (Phi) is 5.43. The third-order valence-corrected chi connectivity index (χ3v) is 4.62. The van der Waals surface area contributed by atoms with Gasteiger partial charge in [-0.15, -0.1) is 11.3 Å². The van der Waals surface area contributed by atoms with Gasteiger partial charge in [-0.3, -0.25) is 4.79 Å². The van der Waals surface area contributed by atoms with E-state index in [1.807, 2.05) is 13.8 Å². The van der Waals surface area contributed by atoms with Crippen LogP contribution in [0.25, 0.3) is 0 Å². The van der Waals surface area contributed by atoms with Gasteiger partial charge < -0.3 is 10.4 Å². The minimum Gasteiger partial charge on any atom is -0.396 e. The predicted octanol–water partition coefficient (Wildman–Crippen LogP) is 2.93. The molecule has 0 spiro atoms. The minimum atomic E-state index is -0.223. The van der Waals surface area contributed by atoms with Crippen LogP contribution in [0, 0.1) is 5.41 Å². The van der Waals surface area contributed by atoms with Gasteiger partial charge in [0.1, 0.15) is 4.88 Å². The average molecular weight is 276 g/mol. The molecule has 2 N–H and O–H groups in total. The molecule has 3 nitrogen and oxygen atoms in total. The summed E-state index contributed by atoms with van der Waals surface area (Å²) in [6.45, 7) is 4.59. The largest absolute Gasteiger partial charge is 0.396 e. The van der Waals surface area contributed by atoms with Gasteiger partial charge >= 0.3 is 0 Å². The number of nitrogens with one attached hydrogen (secondary N) is 1. The van der Waals surface area contributed by atoms with Crippen molar-refractivity contribution in [3.63, 3.8) is 0 Å². The third kappa shape index (κ3) is 3.44. The summed E-state index contributed by atoms with van der Waals surface area (Å²) in [5, 5.41) is 14.5. The van der Waals surface area contributed by atoms with E-state index in [9.17, 15) is 9.90 Å². The molecule has 1 aromatic rings. The van der Waals surface area contributed by atoms with Crippen molar-refractivity contribution in [1.29, 1.82) is 0 Å². The number of carbonyl (C=O) groups excluding carboxylic acids is 1. The molecule has 0 aromatic carbocycles. The van der Waals surface area contributed by atoms with Crippen molar-refractivity contribution in [2.45, 2.75) is 26.7 Å². The van der Waals surface area contributed by atoms with Crippen LogP contribution in [0.4, 0.5) is 0 Å². The van der Waals surface area contributed by atoms with Gasteiger partial charge in [-0.1, -0.05) is 25.4 Å². The van der Waals surface area contributed by atoms with Crippen molar-refractivity contribution >= 4 is 28.8 Å². The van der Waals surface area contributed by atoms with Gasteiger partial charge in [0.25, 0.3) is 5.91 Å². The Morgan fingerprint density at radius 1 is 1.53 bits per heavy atom. The maximum Gasteiger partial charge on any atom is 0.262 e. The Hall–Kier alpha value is -0.580. The quantitative estimate of drug-likeness (QED) is 0.839. The van der Waals surface area contributed by atoms with Crippen LogP contribution in [0.3, 0.4) is 0 Å². The number of hydrogen-bond donors (Lipinski definition) is 2. The lowest BCUT2D eigenvalue weighted by atomic mass is 9.83. The maximum atomic E-state index is 11.9. The normalized spacial score (nSPS) is 11.5. The highest BCUT2D eigenvalue weighted by atomic mass is 35.5. The monoisotopic (exact) mass is 275 g/mol. The summed E-state index contributed by atoms with van der Waals surface area (Å²) in [5.41, 5.74) is -0.223. The van der Waals surface area contributed by atoms with Crippen LogP contribution in [0.15, 0.2) is 11.4 Å². The molecule has 0 atom stereocenters. The van der Waals surface area contributed by atoms with Crippen molar-refractivity contribution in [3.05, 3.63) is 21.3 Å². The molecule has 1 amide bonds. The highest BCUT2D eigenvalue weighted by molar-refractivity contribution is 7.12. The Labute approximate surface area is 111 Å². The molecule has 0 aliphatic heterocycles. The van der Waals surface area contributed by atoms with Gasteiger partial charge in [-0.2, -0.15) is 0 Å². The topological polar surface area (TPSA) is 49.3 Å². The van der Waals surface area contributed by atoms with Crippen LogP contribution in [-0.4, -0.2) is 24.2 Å². The zero-order chi connectivity index (χ0) is 12.9. The van der Waals surface area contributed by atoms with Crippen LogP contribution in [0.1, 0.15) is 36.4 Å². The summed E-state index contributed by atoms with van der Waals surface area (Å²) in [4.78, 5) is 12.4. The summed E-state index contributed by atoms with van der Waals surface area (Å²) in [7, 11) is 0. The minimum absolute atomic E-state index is 0.0818. The molecule has 17 heavy (non-hydrogen) atoms. The highest BCUT2D eigenvalue weighted by Gasteiger charge is 2.26. The van der Waals surface area contributed by atoms with Crippen molar-refractivity contribution in [3.8, 4) is 0 Å². The average Bonchev–Trinajstić information content (AvgIpc) is 2.78. The lowest BCUT2D eigenvalue weighted by Crippen LogP contribution is -2.39. The number of halogens is 1. The lowest BCUT2D eigenvalue weighted by molar-refractivity contribution is 0.0854. The molecule has 0 saturated carbocycles. The number of thiophene rings is 1. The van der Waals surface area contributed by atoms with E-state index in [1.165, 1.54) is 11.3 Å². The van der Waals surface area contributed by atoms with Gasteiger partial charge in [0.2, 0.25) is 0 Å². The standard InChI is InChI=1S/C12H18ClNO2S/c1-3-12(4-2,8-15)7-14-11(16)10-9(13)5-6-17-10/h5-6,15H,3-4,7-8H2,1-2H3,(H,14,16). The smallest absolute Gasteiger partial charge is 0.262 e. The van der Waals surface area contributed by atoms with E-state index in [2.05, 4.69) is 5.32 Å². The van der Waals surface area contributed by atoms with E-state index in [4.69, 9.17) is 11.6 Å². The first-order valence-electron chi connectivity index (χ1n) is 5.70. The first-order chi connectivity index (χ1) is 8.08. The fourth-order valence-corrected chi connectivity index (χ4v) is 2.64. The van der Waals surface area contributed by atoms with Gasteiger partial charge in [0, 0.05) is 12.0 Å². The zero-order valence-electron chi connectivity index (χ0n) is 10.1. The molecule has 5 heteroatoms. The van der Waals surface area contributed by atoms with Crippen LogP contribution < -0.4 is 5.32 Å². The summed E-state index contributed by atoms with van der Waals surface area (Å²) < 4.78 is 0. The molecule has 0 bridgehead atoms. The highest BCUT2D eigenvalue weighted by Crippen LogP contribution is 2.26. The molecule has 1 aromatic heterocycles. The van der Waals surface area contributed by atoms with Crippen molar-refractivity contribution < 1.29 is 9.90 Å². The van der Waals surface area contributed by atoms with Gasteiger partial charge in [-0.25, -0.2) is 0 Å². The molecule has 0 fully saturated rings. The number of aliphatic hydroxyl groups is 1. The second-order valence-electron chi connectivity index (χ2n) is 4.15. The van der Waals surface area contributed by atoms with E-state index >= 15 is 0 Å². The number of aliphatic hydroxyl groups excluding tert-OH is 1. The Balaban J connectivity index is 2.62. The van der Waals surface area contributed by atoms with Crippen LogP contribution in [0.2, 0.25) is 5.02 Å². The van der Waals surface area contributed by atoms with E-state index in [0.717, 1.165) is 12.8 Å². The van der Waals surface area contributed by atoms with Crippen LogP contribution in [-0.2, 0) is 0 Å². The molecule has 0 saturated heterocycles. The Bertz CT molecular complexity index is 366. The molecular formula is C12H18ClNO2S. The summed E-state index contributed by atoms with van der Waals surface area (Å²) >= 11 is 7.21. The van der Waals surface area contributed by atoms with E-state index in [1.54, 1.807) is 11.4 Å². The lowest BCUT2D eigenvalue weighted by Gasteiger charge is -2.29. The number of amides is 1. The molecule has 1 rings (SSSR count). The van der Waals surface area contributed by atoms with Crippen LogP contribution in [0.5, 0.6) is 0 Å². The van der Waals surface area contributed by atoms with E-state index < -0.39 is 0 Å². The van der Waals surface area contributed by atoms with Gasteiger partial charge in [0.05, 0.1) is 11.6 Å². The summed E-state index contributed by atoms with van der Waals surface area (Å²) in [6.07, 6.45) is 1.66. The fraction of sp³-hybridized carbons (Fsp3) is 0.583.